The Hall–Kier alpha value is -3.67. The number of hydrogen-bond acceptors (Lipinski definition) is 4. The molecule has 0 spiro atoms. The summed E-state index contributed by atoms with van der Waals surface area (Å²) in [6.07, 6.45) is 3.04. The summed E-state index contributed by atoms with van der Waals surface area (Å²) in [5.74, 6) is -0.484. The van der Waals surface area contributed by atoms with Crippen molar-refractivity contribution in [1.29, 1.82) is 0 Å². The van der Waals surface area contributed by atoms with Crippen molar-refractivity contribution in [2.24, 2.45) is 5.10 Å². The fraction of sp³-hybridized carbons (Fsp3) is 0.0952. The number of hydrazone groups is 1. The molecular formula is C21H19N3O3. The Morgan fingerprint density at radius 2 is 1.93 bits per heavy atom. The Bertz CT molecular complexity index is 1040. The predicted molar refractivity (Wildman–Crippen MR) is 104 cm³/mol. The van der Waals surface area contributed by atoms with Gasteiger partial charge in [0.05, 0.1) is 12.8 Å². The minimum Gasteiger partial charge on any atom is -0.508 e. The Labute approximate surface area is 156 Å². The largest absolute Gasteiger partial charge is 0.508 e. The molecular weight excluding hydrogens is 342 g/mol. The van der Waals surface area contributed by atoms with Crippen LogP contribution in [0.25, 0.3) is 0 Å². The normalized spacial score (nSPS) is 10.9. The second kappa shape index (κ2) is 8.14. The molecule has 1 aromatic heterocycles. The van der Waals surface area contributed by atoms with Gasteiger partial charge in [-0.25, -0.2) is 5.43 Å². The van der Waals surface area contributed by atoms with Gasteiger partial charge in [-0.15, -0.1) is 0 Å². The van der Waals surface area contributed by atoms with Crippen molar-refractivity contribution in [3.63, 3.8) is 0 Å². The lowest BCUT2D eigenvalue weighted by Crippen LogP contribution is -2.30. The van der Waals surface area contributed by atoms with Crippen molar-refractivity contribution in [3.8, 4) is 5.75 Å². The highest BCUT2D eigenvalue weighted by Gasteiger charge is 2.11. The second-order valence-corrected chi connectivity index (χ2v) is 6.13. The second-order valence-electron chi connectivity index (χ2n) is 6.13. The van der Waals surface area contributed by atoms with Crippen LogP contribution < -0.4 is 11.0 Å². The summed E-state index contributed by atoms with van der Waals surface area (Å²) >= 11 is 0. The van der Waals surface area contributed by atoms with E-state index in [4.69, 9.17) is 0 Å². The van der Waals surface area contributed by atoms with Crippen LogP contribution in [0.2, 0.25) is 0 Å². The smallest absolute Gasteiger partial charge is 0.276 e. The highest BCUT2D eigenvalue weighted by Crippen LogP contribution is 2.08. The van der Waals surface area contributed by atoms with E-state index in [2.05, 4.69) is 10.5 Å². The van der Waals surface area contributed by atoms with E-state index in [0.717, 1.165) is 11.1 Å². The van der Waals surface area contributed by atoms with Crippen LogP contribution in [0.4, 0.5) is 0 Å². The average Bonchev–Trinajstić information content (AvgIpc) is 2.65. The summed E-state index contributed by atoms with van der Waals surface area (Å²) in [5, 5.41) is 13.2. The monoisotopic (exact) mass is 361 g/mol. The van der Waals surface area contributed by atoms with E-state index in [0.29, 0.717) is 12.1 Å². The molecule has 6 nitrogen and oxygen atoms in total. The molecule has 0 radical (unpaired) electrons. The summed E-state index contributed by atoms with van der Waals surface area (Å²) in [6, 6.07) is 17.4. The molecule has 0 saturated heterocycles. The van der Waals surface area contributed by atoms with E-state index in [1.807, 2.05) is 31.2 Å². The number of pyridine rings is 1. The van der Waals surface area contributed by atoms with Gasteiger partial charge in [0.1, 0.15) is 11.3 Å². The van der Waals surface area contributed by atoms with Gasteiger partial charge >= 0.3 is 0 Å². The van der Waals surface area contributed by atoms with E-state index in [1.54, 1.807) is 24.4 Å². The molecule has 136 valence electrons. The molecule has 0 bridgehead atoms. The maximum atomic E-state index is 12.6. The molecule has 2 N–H and O–H groups in total. The third kappa shape index (κ3) is 4.70. The number of aromatic nitrogens is 1. The zero-order valence-corrected chi connectivity index (χ0v) is 14.8. The summed E-state index contributed by atoms with van der Waals surface area (Å²) in [4.78, 5) is 24.9. The van der Waals surface area contributed by atoms with E-state index in [1.165, 1.54) is 29.0 Å². The number of benzene rings is 2. The van der Waals surface area contributed by atoms with Crippen LogP contribution >= 0.6 is 0 Å². The van der Waals surface area contributed by atoms with Crippen LogP contribution in [-0.4, -0.2) is 21.8 Å². The number of phenols is 1. The first-order chi connectivity index (χ1) is 13.0. The molecule has 3 rings (SSSR count). The van der Waals surface area contributed by atoms with Crippen LogP contribution in [0.5, 0.6) is 5.75 Å². The van der Waals surface area contributed by atoms with Crippen molar-refractivity contribution < 1.29 is 9.90 Å². The zero-order chi connectivity index (χ0) is 19.2. The average molecular weight is 361 g/mol. The molecule has 0 aliphatic carbocycles. The molecule has 0 fully saturated rings. The third-order valence-corrected chi connectivity index (χ3v) is 3.99. The predicted octanol–water partition coefficient (Wildman–Crippen LogP) is 2.67. The number of nitrogens with zero attached hydrogens (tertiary/aromatic N) is 2. The van der Waals surface area contributed by atoms with Crippen LogP contribution in [0.1, 0.15) is 27.0 Å². The van der Waals surface area contributed by atoms with Gasteiger partial charge in [-0.3, -0.25) is 9.59 Å². The maximum absolute atomic E-state index is 12.6. The first-order valence-electron chi connectivity index (χ1n) is 8.40. The molecule has 3 aromatic rings. The fourth-order valence-corrected chi connectivity index (χ4v) is 2.56. The van der Waals surface area contributed by atoms with Gasteiger partial charge in [0.2, 0.25) is 0 Å². The van der Waals surface area contributed by atoms with Gasteiger partial charge in [-0.05, 0) is 42.3 Å². The first-order valence-corrected chi connectivity index (χ1v) is 8.40. The lowest BCUT2D eigenvalue weighted by Gasteiger charge is -2.08. The first kappa shape index (κ1) is 18.1. The van der Waals surface area contributed by atoms with Crippen LogP contribution in [0.15, 0.2) is 76.8 Å². The topological polar surface area (TPSA) is 83.7 Å². The minimum absolute atomic E-state index is 0.0117. The summed E-state index contributed by atoms with van der Waals surface area (Å²) in [7, 11) is 0. The van der Waals surface area contributed by atoms with Crippen LogP contribution in [0.3, 0.4) is 0 Å². The standard InChI is InChI=1S/C21H19N3O3/c1-15-7-9-16(10-8-15)14-24-11-3-6-19(21(24)27)20(26)23-22-13-17-4-2-5-18(25)12-17/h2-13,25H,14H2,1H3,(H,23,26)/b22-13-. The number of aryl methyl sites for hydroxylation is 1. The van der Waals surface area contributed by atoms with Crippen LogP contribution in [0, 0.1) is 6.92 Å². The number of rotatable bonds is 5. The Morgan fingerprint density at radius 1 is 1.15 bits per heavy atom. The Kier molecular flexibility index (Phi) is 5.47. The number of nitrogens with one attached hydrogen (secondary N) is 1. The molecule has 0 aliphatic rings. The highest BCUT2D eigenvalue weighted by molar-refractivity contribution is 5.94. The number of carbonyl (C=O) groups excluding carboxylic acids is 1. The van der Waals surface area contributed by atoms with Crippen molar-refractivity contribution in [2.45, 2.75) is 13.5 Å². The third-order valence-electron chi connectivity index (χ3n) is 3.99. The van der Waals surface area contributed by atoms with Gasteiger partial charge in [-0.1, -0.05) is 42.0 Å². The number of phenolic OH excluding ortho intramolecular Hbond substituents is 1. The fourth-order valence-electron chi connectivity index (χ4n) is 2.56. The Morgan fingerprint density at radius 3 is 2.67 bits per heavy atom. The summed E-state index contributed by atoms with van der Waals surface area (Å²) in [5.41, 5.74) is 4.71. The molecule has 2 aromatic carbocycles. The lowest BCUT2D eigenvalue weighted by atomic mass is 10.1. The molecule has 0 saturated carbocycles. The number of hydrogen-bond donors (Lipinski definition) is 2. The van der Waals surface area contributed by atoms with Gasteiger partial charge in [0.25, 0.3) is 11.5 Å². The minimum atomic E-state index is -0.588. The molecule has 0 atom stereocenters. The number of amides is 1. The number of carbonyl (C=O) groups is 1. The van der Waals surface area contributed by atoms with E-state index in [-0.39, 0.29) is 16.9 Å². The molecule has 0 aliphatic heterocycles. The van der Waals surface area contributed by atoms with Gasteiger partial charge < -0.3 is 9.67 Å². The van der Waals surface area contributed by atoms with Crippen molar-refractivity contribution >= 4 is 12.1 Å². The van der Waals surface area contributed by atoms with Crippen molar-refractivity contribution in [1.82, 2.24) is 9.99 Å². The molecule has 1 heterocycles. The molecule has 27 heavy (non-hydrogen) atoms. The van der Waals surface area contributed by atoms with E-state index in [9.17, 15) is 14.7 Å². The lowest BCUT2D eigenvalue weighted by molar-refractivity contribution is 0.0953. The zero-order valence-electron chi connectivity index (χ0n) is 14.8. The SMILES string of the molecule is Cc1ccc(Cn2cccc(C(=O)N/N=C\c3cccc(O)c3)c2=O)cc1. The van der Waals surface area contributed by atoms with Crippen LogP contribution in [-0.2, 0) is 6.54 Å². The van der Waals surface area contributed by atoms with Crippen molar-refractivity contribution in [2.75, 3.05) is 0 Å². The highest BCUT2D eigenvalue weighted by atomic mass is 16.3. The quantitative estimate of drug-likeness (QED) is 0.541. The molecule has 6 heteroatoms. The van der Waals surface area contributed by atoms with E-state index < -0.39 is 5.91 Å². The van der Waals surface area contributed by atoms with Crippen molar-refractivity contribution in [3.05, 3.63) is 99.5 Å². The Balaban J connectivity index is 1.73. The van der Waals surface area contributed by atoms with Gasteiger partial charge in [0.15, 0.2) is 0 Å². The summed E-state index contributed by atoms with van der Waals surface area (Å²) < 4.78 is 1.48. The number of aromatic hydroxyl groups is 1. The van der Waals surface area contributed by atoms with Gasteiger partial charge in [0, 0.05) is 6.20 Å². The maximum Gasteiger partial charge on any atom is 0.276 e. The van der Waals surface area contributed by atoms with E-state index >= 15 is 0 Å². The molecule has 1 amide bonds. The van der Waals surface area contributed by atoms with Gasteiger partial charge in [-0.2, -0.15) is 5.10 Å². The summed E-state index contributed by atoms with van der Waals surface area (Å²) in [6.45, 7) is 2.38. The molecule has 0 unspecified atom stereocenters.